The van der Waals surface area contributed by atoms with E-state index < -0.39 is 0 Å². The maximum absolute atomic E-state index is 12.3. The summed E-state index contributed by atoms with van der Waals surface area (Å²) < 4.78 is 3.10. The Labute approximate surface area is 119 Å². The van der Waals surface area contributed by atoms with Crippen molar-refractivity contribution in [2.45, 2.75) is 20.0 Å². The highest BCUT2D eigenvalue weighted by Crippen LogP contribution is 2.11. The molecule has 0 aliphatic carbocycles. The first kappa shape index (κ1) is 12.8. The van der Waals surface area contributed by atoms with E-state index in [1.807, 2.05) is 25.1 Å². The molecule has 0 unspecified atom stereocenters. The third kappa shape index (κ3) is 2.18. The van der Waals surface area contributed by atoms with Crippen molar-refractivity contribution in [1.29, 1.82) is 0 Å². The molecule has 20 heavy (non-hydrogen) atoms. The summed E-state index contributed by atoms with van der Waals surface area (Å²) in [5.41, 5.74) is 1.54. The highest BCUT2D eigenvalue weighted by atomic mass is 35.5. The molecule has 102 valence electrons. The van der Waals surface area contributed by atoms with Crippen LogP contribution in [0.25, 0.3) is 11.2 Å². The number of halogens is 1. The van der Waals surface area contributed by atoms with Crippen LogP contribution < -0.4 is 5.56 Å². The molecule has 1 aromatic carbocycles. The second-order valence-corrected chi connectivity index (χ2v) is 4.82. The summed E-state index contributed by atoms with van der Waals surface area (Å²) in [6.07, 6.45) is 1.51. The predicted molar refractivity (Wildman–Crippen MR) is 75.8 cm³/mol. The first-order valence-electron chi connectivity index (χ1n) is 6.22. The van der Waals surface area contributed by atoms with Gasteiger partial charge in [-0.1, -0.05) is 28.9 Å². The molecule has 2 aromatic heterocycles. The molecule has 0 radical (unpaired) electrons. The molecule has 0 bridgehead atoms. The summed E-state index contributed by atoms with van der Waals surface area (Å²) >= 11 is 5.94. The van der Waals surface area contributed by atoms with Gasteiger partial charge in [-0.3, -0.25) is 9.36 Å². The Balaban J connectivity index is 2.05. The molecule has 0 aliphatic rings. The van der Waals surface area contributed by atoms with Gasteiger partial charge in [0, 0.05) is 11.6 Å². The lowest BCUT2D eigenvalue weighted by molar-refractivity contribution is 0.640. The summed E-state index contributed by atoms with van der Waals surface area (Å²) in [5, 5.41) is 8.45. The van der Waals surface area contributed by atoms with Gasteiger partial charge < -0.3 is 0 Å². The zero-order valence-corrected chi connectivity index (χ0v) is 11.6. The minimum absolute atomic E-state index is 0.199. The molecule has 0 fully saturated rings. The Morgan fingerprint density at radius 1 is 1.35 bits per heavy atom. The monoisotopic (exact) mass is 289 g/mol. The van der Waals surface area contributed by atoms with E-state index in [9.17, 15) is 4.79 Å². The third-order valence-electron chi connectivity index (χ3n) is 3.03. The zero-order valence-electron chi connectivity index (χ0n) is 10.8. The highest BCUT2D eigenvalue weighted by Gasteiger charge is 2.11. The van der Waals surface area contributed by atoms with Crippen LogP contribution in [0.4, 0.5) is 0 Å². The van der Waals surface area contributed by atoms with Crippen LogP contribution in [-0.2, 0) is 13.1 Å². The van der Waals surface area contributed by atoms with E-state index >= 15 is 0 Å². The highest BCUT2D eigenvalue weighted by molar-refractivity contribution is 6.30. The fraction of sp³-hybridized carbons (Fsp3) is 0.231. The largest absolute Gasteiger partial charge is 0.293 e. The molecule has 0 aliphatic heterocycles. The van der Waals surface area contributed by atoms with Gasteiger partial charge >= 0.3 is 0 Å². The average molecular weight is 290 g/mol. The van der Waals surface area contributed by atoms with Gasteiger partial charge in [-0.15, -0.1) is 5.10 Å². The maximum atomic E-state index is 12.3. The van der Waals surface area contributed by atoms with Crippen molar-refractivity contribution in [2.75, 3.05) is 0 Å². The van der Waals surface area contributed by atoms with Gasteiger partial charge in [0.15, 0.2) is 11.2 Å². The van der Waals surface area contributed by atoms with Gasteiger partial charge in [-0.25, -0.2) is 9.67 Å². The lowest BCUT2D eigenvalue weighted by Crippen LogP contribution is -2.21. The molecule has 0 saturated carbocycles. The van der Waals surface area contributed by atoms with E-state index in [4.69, 9.17) is 11.6 Å². The van der Waals surface area contributed by atoms with Crippen molar-refractivity contribution in [3.63, 3.8) is 0 Å². The summed E-state index contributed by atoms with van der Waals surface area (Å²) in [4.78, 5) is 16.6. The van der Waals surface area contributed by atoms with Crippen molar-refractivity contribution in [2.24, 2.45) is 0 Å². The zero-order chi connectivity index (χ0) is 14.1. The van der Waals surface area contributed by atoms with Gasteiger partial charge in [0.2, 0.25) is 0 Å². The molecular formula is C13H12ClN5O. The van der Waals surface area contributed by atoms with Gasteiger partial charge in [0.25, 0.3) is 5.56 Å². The number of benzene rings is 1. The number of aromatic nitrogens is 5. The van der Waals surface area contributed by atoms with Crippen LogP contribution in [-0.4, -0.2) is 24.5 Å². The SMILES string of the molecule is CCn1nnc2c(=O)n(Cc3cccc(Cl)c3)cnc21. The molecule has 0 amide bonds. The number of hydrogen-bond donors (Lipinski definition) is 0. The fourth-order valence-corrected chi connectivity index (χ4v) is 2.26. The third-order valence-corrected chi connectivity index (χ3v) is 3.27. The van der Waals surface area contributed by atoms with Crippen molar-refractivity contribution >= 4 is 22.8 Å². The first-order valence-corrected chi connectivity index (χ1v) is 6.60. The van der Waals surface area contributed by atoms with Gasteiger partial charge in [-0.2, -0.15) is 0 Å². The maximum Gasteiger partial charge on any atom is 0.283 e. The van der Waals surface area contributed by atoms with Crippen molar-refractivity contribution in [1.82, 2.24) is 24.5 Å². The van der Waals surface area contributed by atoms with Crippen LogP contribution in [0.5, 0.6) is 0 Å². The van der Waals surface area contributed by atoms with Crippen molar-refractivity contribution < 1.29 is 0 Å². The quantitative estimate of drug-likeness (QED) is 0.736. The van der Waals surface area contributed by atoms with Crippen LogP contribution in [0.1, 0.15) is 12.5 Å². The van der Waals surface area contributed by atoms with Crippen LogP contribution in [0, 0.1) is 0 Å². The molecule has 0 spiro atoms. The molecule has 0 atom stereocenters. The van der Waals surface area contributed by atoms with Crippen molar-refractivity contribution in [3.8, 4) is 0 Å². The minimum Gasteiger partial charge on any atom is -0.293 e. The van der Waals surface area contributed by atoms with Gasteiger partial charge in [-0.05, 0) is 24.6 Å². The Bertz CT molecular complexity index is 823. The van der Waals surface area contributed by atoms with Gasteiger partial charge in [0.1, 0.15) is 6.33 Å². The Hall–Kier alpha value is -2.21. The molecule has 6 nitrogen and oxygen atoms in total. The summed E-state index contributed by atoms with van der Waals surface area (Å²) in [6.45, 7) is 2.95. The second-order valence-electron chi connectivity index (χ2n) is 4.38. The minimum atomic E-state index is -0.199. The van der Waals surface area contributed by atoms with Gasteiger partial charge in [0.05, 0.1) is 6.54 Å². The van der Waals surface area contributed by atoms with E-state index in [0.29, 0.717) is 23.8 Å². The molecule has 7 heteroatoms. The lowest BCUT2D eigenvalue weighted by Gasteiger charge is -2.05. The Morgan fingerprint density at radius 2 is 2.20 bits per heavy atom. The number of nitrogens with zero attached hydrogens (tertiary/aromatic N) is 5. The second kappa shape index (κ2) is 5.05. The topological polar surface area (TPSA) is 65.6 Å². The van der Waals surface area contributed by atoms with Crippen molar-refractivity contribution in [3.05, 3.63) is 51.5 Å². The van der Waals surface area contributed by atoms with Crippen LogP contribution in [0.3, 0.4) is 0 Å². The first-order chi connectivity index (χ1) is 9.69. The molecule has 2 heterocycles. The van der Waals surface area contributed by atoms with E-state index in [0.717, 1.165) is 5.56 Å². The summed E-state index contributed by atoms with van der Waals surface area (Å²) in [6, 6.07) is 7.37. The van der Waals surface area contributed by atoms with Crippen LogP contribution in [0.2, 0.25) is 5.02 Å². The number of fused-ring (bicyclic) bond motifs is 1. The standard InChI is InChI=1S/C13H12ClN5O/c1-2-19-12-11(16-17-19)13(20)18(8-15-12)7-9-4-3-5-10(14)6-9/h3-6,8H,2,7H2,1H3. The molecule has 3 aromatic rings. The smallest absolute Gasteiger partial charge is 0.283 e. The normalized spacial score (nSPS) is 11.1. The summed E-state index contributed by atoms with van der Waals surface area (Å²) in [7, 11) is 0. The Kier molecular flexibility index (Phi) is 3.23. The molecular weight excluding hydrogens is 278 g/mol. The fourth-order valence-electron chi connectivity index (χ4n) is 2.04. The van der Waals surface area contributed by atoms with Crippen LogP contribution in [0.15, 0.2) is 35.4 Å². The molecule has 0 saturated heterocycles. The number of aryl methyl sites for hydroxylation is 1. The Morgan fingerprint density at radius 3 is 2.95 bits per heavy atom. The van der Waals surface area contributed by atoms with Crippen LogP contribution >= 0.6 is 11.6 Å². The number of hydrogen-bond acceptors (Lipinski definition) is 4. The summed E-state index contributed by atoms with van der Waals surface area (Å²) in [5.74, 6) is 0. The van der Waals surface area contributed by atoms with E-state index in [1.165, 1.54) is 10.9 Å². The lowest BCUT2D eigenvalue weighted by atomic mass is 10.2. The number of rotatable bonds is 3. The predicted octanol–water partition coefficient (Wildman–Crippen LogP) is 1.71. The molecule has 0 N–H and O–H groups in total. The van der Waals surface area contributed by atoms with E-state index in [2.05, 4.69) is 15.3 Å². The molecule has 3 rings (SSSR count). The van der Waals surface area contributed by atoms with E-state index in [-0.39, 0.29) is 11.1 Å². The average Bonchev–Trinajstić information content (AvgIpc) is 2.86. The van der Waals surface area contributed by atoms with E-state index in [1.54, 1.807) is 10.7 Å².